The standard InChI is InChI=1S/C18H17N5O2/c1-25-16-9-13(22-12-5-3-2-4-6-12)7-8-15(16)23-18-14(10-24)17(19)20-11-21-18/h2-11,22H,1H3,(H3,19,20,21,23). The topological polar surface area (TPSA) is 102 Å². The van der Waals surface area contributed by atoms with E-state index in [0.29, 0.717) is 23.5 Å². The highest BCUT2D eigenvalue weighted by molar-refractivity contribution is 5.90. The molecule has 0 fully saturated rings. The molecule has 3 aromatic rings. The van der Waals surface area contributed by atoms with Crippen molar-refractivity contribution in [2.45, 2.75) is 0 Å². The van der Waals surface area contributed by atoms with Gasteiger partial charge < -0.3 is 21.1 Å². The molecule has 25 heavy (non-hydrogen) atoms. The first kappa shape index (κ1) is 16.3. The van der Waals surface area contributed by atoms with Gasteiger partial charge in [0.15, 0.2) is 6.29 Å². The first-order chi connectivity index (χ1) is 12.2. The minimum atomic E-state index is 0.119. The van der Waals surface area contributed by atoms with E-state index >= 15 is 0 Å². The molecule has 3 rings (SSSR count). The molecule has 0 saturated heterocycles. The Morgan fingerprint density at radius 3 is 2.56 bits per heavy atom. The van der Waals surface area contributed by atoms with Crippen LogP contribution >= 0.6 is 0 Å². The highest BCUT2D eigenvalue weighted by atomic mass is 16.5. The summed E-state index contributed by atoms with van der Waals surface area (Å²) in [5.74, 6) is 1.04. The molecule has 0 unspecified atom stereocenters. The van der Waals surface area contributed by atoms with Gasteiger partial charge in [0.1, 0.15) is 23.7 Å². The van der Waals surface area contributed by atoms with Gasteiger partial charge in [-0.2, -0.15) is 0 Å². The SMILES string of the molecule is COc1cc(Nc2ccccc2)ccc1Nc1ncnc(N)c1C=O. The van der Waals surface area contributed by atoms with Crippen LogP contribution in [-0.4, -0.2) is 23.4 Å². The summed E-state index contributed by atoms with van der Waals surface area (Å²) in [6.45, 7) is 0. The van der Waals surface area contributed by atoms with Gasteiger partial charge in [-0.25, -0.2) is 9.97 Å². The lowest BCUT2D eigenvalue weighted by Crippen LogP contribution is -2.05. The molecule has 0 radical (unpaired) electrons. The number of ether oxygens (including phenoxy) is 1. The first-order valence-electron chi connectivity index (χ1n) is 7.54. The average Bonchev–Trinajstić information content (AvgIpc) is 2.64. The number of rotatable bonds is 6. The Kier molecular flexibility index (Phi) is 4.75. The van der Waals surface area contributed by atoms with Gasteiger partial charge in [-0.15, -0.1) is 0 Å². The van der Waals surface area contributed by atoms with Gasteiger partial charge in [-0.3, -0.25) is 4.79 Å². The molecule has 1 aromatic heterocycles. The van der Waals surface area contributed by atoms with E-state index in [2.05, 4.69) is 20.6 Å². The van der Waals surface area contributed by atoms with E-state index in [1.54, 1.807) is 7.11 Å². The second-order valence-electron chi connectivity index (χ2n) is 5.17. The fraction of sp³-hybridized carbons (Fsp3) is 0.0556. The zero-order valence-electron chi connectivity index (χ0n) is 13.6. The summed E-state index contributed by atoms with van der Waals surface area (Å²) in [6, 6.07) is 15.4. The van der Waals surface area contributed by atoms with E-state index in [0.717, 1.165) is 11.4 Å². The number of carbonyl (C=O) groups is 1. The number of hydrogen-bond donors (Lipinski definition) is 3. The van der Waals surface area contributed by atoms with Gasteiger partial charge in [-0.1, -0.05) is 18.2 Å². The second kappa shape index (κ2) is 7.31. The molecule has 0 aliphatic heterocycles. The maximum absolute atomic E-state index is 11.2. The Labute approximate surface area is 144 Å². The van der Waals surface area contributed by atoms with Crippen molar-refractivity contribution in [3.05, 3.63) is 60.4 Å². The Balaban J connectivity index is 1.88. The van der Waals surface area contributed by atoms with Crippen LogP contribution < -0.4 is 21.1 Å². The number of para-hydroxylation sites is 1. The van der Waals surface area contributed by atoms with Crippen LogP contribution in [0.5, 0.6) is 5.75 Å². The molecule has 4 N–H and O–H groups in total. The Morgan fingerprint density at radius 2 is 1.84 bits per heavy atom. The number of nitrogens with two attached hydrogens (primary N) is 1. The third-order valence-corrected chi connectivity index (χ3v) is 3.55. The van der Waals surface area contributed by atoms with Gasteiger partial charge in [0.25, 0.3) is 0 Å². The molecule has 0 atom stereocenters. The van der Waals surface area contributed by atoms with Crippen LogP contribution in [0.25, 0.3) is 0 Å². The summed E-state index contributed by atoms with van der Waals surface area (Å²) in [5.41, 5.74) is 8.40. The normalized spacial score (nSPS) is 10.1. The summed E-state index contributed by atoms with van der Waals surface area (Å²) in [4.78, 5) is 19.1. The monoisotopic (exact) mass is 335 g/mol. The van der Waals surface area contributed by atoms with Gasteiger partial charge in [0, 0.05) is 17.4 Å². The van der Waals surface area contributed by atoms with Gasteiger partial charge >= 0.3 is 0 Å². The van der Waals surface area contributed by atoms with Crippen LogP contribution in [-0.2, 0) is 0 Å². The van der Waals surface area contributed by atoms with Crippen LogP contribution in [0.1, 0.15) is 10.4 Å². The van der Waals surface area contributed by atoms with E-state index < -0.39 is 0 Å². The number of hydrogen-bond acceptors (Lipinski definition) is 7. The van der Waals surface area contributed by atoms with Crippen LogP contribution in [0.3, 0.4) is 0 Å². The van der Waals surface area contributed by atoms with Gasteiger partial charge in [0.2, 0.25) is 0 Å². The number of nitrogens with zero attached hydrogens (tertiary/aromatic N) is 2. The third-order valence-electron chi connectivity index (χ3n) is 3.55. The maximum atomic E-state index is 11.2. The van der Waals surface area contributed by atoms with E-state index in [1.165, 1.54) is 6.33 Å². The van der Waals surface area contributed by atoms with E-state index in [1.807, 2.05) is 48.5 Å². The van der Waals surface area contributed by atoms with Crippen molar-refractivity contribution < 1.29 is 9.53 Å². The molecule has 0 bridgehead atoms. The summed E-state index contributed by atoms with van der Waals surface area (Å²) < 4.78 is 5.43. The summed E-state index contributed by atoms with van der Waals surface area (Å²) in [5, 5.41) is 6.35. The highest BCUT2D eigenvalue weighted by Gasteiger charge is 2.11. The predicted molar refractivity (Wildman–Crippen MR) is 97.8 cm³/mol. The Hall–Kier alpha value is -3.61. The Morgan fingerprint density at radius 1 is 1.04 bits per heavy atom. The quantitative estimate of drug-likeness (QED) is 0.593. The number of benzene rings is 2. The molecule has 0 saturated carbocycles. The zero-order chi connectivity index (χ0) is 17.6. The van der Waals surface area contributed by atoms with Crippen molar-refractivity contribution in [2.75, 3.05) is 23.5 Å². The fourth-order valence-corrected chi connectivity index (χ4v) is 2.31. The van der Waals surface area contributed by atoms with Crippen molar-refractivity contribution in [3.63, 3.8) is 0 Å². The first-order valence-corrected chi connectivity index (χ1v) is 7.54. The summed E-state index contributed by atoms with van der Waals surface area (Å²) in [6.07, 6.45) is 1.91. The van der Waals surface area contributed by atoms with Crippen molar-refractivity contribution in [3.8, 4) is 5.75 Å². The molecule has 7 nitrogen and oxygen atoms in total. The number of aromatic nitrogens is 2. The zero-order valence-corrected chi connectivity index (χ0v) is 13.6. The van der Waals surface area contributed by atoms with Crippen molar-refractivity contribution in [2.24, 2.45) is 0 Å². The van der Waals surface area contributed by atoms with E-state index in [4.69, 9.17) is 10.5 Å². The predicted octanol–water partition coefficient (Wildman–Crippen LogP) is 3.37. The molecular formula is C18H17N5O2. The lowest BCUT2D eigenvalue weighted by atomic mass is 10.2. The summed E-state index contributed by atoms with van der Waals surface area (Å²) >= 11 is 0. The number of methoxy groups -OCH3 is 1. The van der Waals surface area contributed by atoms with Crippen LogP contribution in [0.4, 0.5) is 28.7 Å². The molecule has 0 aliphatic rings. The van der Waals surface area contributed by atoms with Crippen molar-refractivity contribution >= 4 is 35.0 Å². The lowest BCUT2D eigenvalue weighted by Gasteiger charge is -2.14. The largest absolute Gasteiger partial charge is 0.494 e. The van der Waals surface area contributed by atoms with Crippen LogP contribution in [0, 0.1) is 0 Å². The second-order valence-corrected chi connectivity index (χ2v) is 5.17. The lowest BCUT2D eigenvalue weighted by molar-refractivity contribution is 0.112. The number of carbonyl (C=O) groups excluding carboxylic acids is 1. The van der Waals surface area contributed by atoms with Crippen LogP contribution in [0.2, 0.25) is 0 Å². The molecule has 0 aliphatic carbocycles. The summed E-state index contributed by atoms with van der Waals surface area (Å²) in [7, 11) is 1.57. The molecule has 2 aromatic carbocycles. The Bertz CT molecular complexity index is 884. The molecule has 0 amide bonds. The van der Waals surface area contributed by atoms with Gasteiger partial charge in [-0.05, 0) is 24.3 Å². The molecule has 1 heterocycles. The minimum absolute atomic E-state index is 0.119. The fourth-order valence-electron chi connectivity index (χ4n) is 2.31. The third kappa shape index (κ3) is 3.66. The number of anilines is 5. The number of aldehydes is 1. The molecule has 0 spiro atoms. The van der Waals surface area contributed by atoms with Crippen molar-refractivity contribution in [1.29, 1.82) is 0 Å². The molecule has 126 valence electrons. The highest BCUT2D eigenvalue weighted by Crippen LogP contribution is 2.32. The minimum Gasteiger partial charge on any atom is -0.494 e. The smallest absolute Gasteiger partial charge is 0.157 e. The maximum Gasteiger partial charge on any atom is 0.157 e. The van der Waals surface area contributed by atoms with Crippen molar-refractivity contribution in [1.82, 2.24) is 9.97 Å². The van der Waals surface area contributed by atoms with Gasteiger partial charge in [0.05, 0.1) is 18.4 Å². The molecular weight excluding hydrogens is 318 g/mol. The number of nitrogen functional groups attached to an aromatic ring is 1. The van der Waals surface area contributed by atoms with E-state index in [-0.39, 0.29) is 11.4 Å². The van der Waals surface area contributed by atoms with Crippen LogP contribution in [0.15, 0.2) is 54.9 Å². The average molecular weight is 335 g/mol. The van der Waals surface area contributed by atoms with E-state index in [9.17, 15) is 4.79 Å². The number of nitrogens with one attached hydrogen (secondary N) is 2. The molecule has 7 heteroatoms.